The third kappa shape index (κ3) is 8.18. The summed E-state index contributed by atoms with van der Waals surface area (Å²) >= 11 is 0. The Morgan fingerprint density at radius 2 is 1.66 bits per heavy atom. The number of alkyl carbamates (subject to hydrolysis) is 1. The molecule has 1 aromatic carbocycles. The van der Waals surface area contributed by atoms with E-state index in [1.54, 1.807) is 27.7 Å². The van der Waals surface area contributed by atoms with Crippen molar-refractivity contribution in [1.82, 2.24) is 5.32 Å². The number of amides is 1. The third-order valence-corrected chi connectivity index (χ3v) is 4.09. The molecular weight excluding hydrogens is 419 g/mol. The predicted molar refractivity (Wildman–Crippen MR) is 95.5 cm³/mol. The molecule has 0 aliphatic heterocycles. The van der Waals surface area contributed by atoms with E-state index in [-0.39, 0.29) is 13.0 Å². The van der Waals surface area contributed by atoms with Gasteiger partial charge in [-0.1, -0.05) is 12.1 Å². The summed E-state index contributed by atoms with van der Waals surface area (Å²) in [5, 5.41) is 2.37. The summed E-state index contributed by atoms with van der Waals surface area (Å²) in [5.41, 5.74) is -5.96. The van der Waals surface area contributed by atoms with Crippen molar-refractivity contribution in [3.8, 4) is 5.75 Å². The lowest BCUT2D eigenvalue weighted by atomic mass is 10.1. The molecule has 12 heteroatoms. The molecule has 1 aromatic rings. The van der Waals surface area contributed by atoms with Gasteiger partial charge in [0.25, 0.3) is 0 Å². The van der Waals surface area contributed by atoms with Gasteiger partial charge in [0, 0.05) is 6.42 Å². The van der Waals surface area contributed by atoms with Crippen LogP contribution in [0.5, 0.6) is 5.75 Å². The van der Waals surface area contributed by atoms with Crippen LogP contribution in [0, 0.1) is 0 Å². The van der Waals surface area contributed by atoms with Gasteiger partial charge < -0.3 is 19.0 Å². The Balaban J connectivity index is 2.91. The average Bonchev–Trinajstić information content (AvgIpc) is 2.53. The molecule has 0 fully saturated rings. The predicted octanol–water partition coefficient (Wildman–Crippen LogP) is 2.91. The number of rotatable bonds is 7. The van der Waals surface area contributed by atoms with E-state index < -0.39 is 45.1 Å². The molecule has 0 spiro atoms. The highest BCUT2D eigenvalue weighted by atomic mass is 32.2. The number of hydrogen-bond donors (Lipinski definition) is 1. The molecule has 0 bridgehead atoms. The number of ether oxygens (including phenoxy) is 2. The molecule has 8 nitrogen and oxygen atoms in total. The molecule has 0 heterocycles. The van der Waals surface area contributed by atoms with Gasteiger partial charge in [-0.2, -0.15) is 21.6 Å². The number of halogens is 3. The first-order valence-corrected chi connectivity index (χ1v) is 9.81. The summed E-state index contributed by atoms with van der Waals surface area (Å²) in [7, 11) is -5.79. The number of alkyl halides is 3. The highest BCUT2D eigenvalue weighted by Gasteiger charge is 2.48. The molecule has 164 valence electrons. The fourth-order valence-corrected chi connectivity index (χ4v) is 2.44. The first-order chi connectivity index (χ1) is 13.1. The number of nitrogens with one attached hydrogen (secondary N) is 1. The van der Waals surface area contributed by atoms with Crippen LogP contribution in [0.25, 0.3) is 0 Å². The van der Waals surface area contributed by atoms with Gasteiger partial charge in [-0.25, -0.2) is 9.59 Å². The van der Waals surface area contributed by atoms with Crippen molar-refractivity contribution >= 4 is 22.2 Å². The maximum absolute atomic E-state index is 12.4. The first-order valence-electron chi connectivity index (χ1n) is 8.40. The fraction of sp³-hybridized carbons (Fsp3) is 0.529. The molecule has 1 rings (SSSR count). The van der Waals surface area contributed by atoms with E-state index in [1.165, 1.54) is 12.1 Å². The van der Waals surface area contributed by atoms with Crippen LogP contribution in [0.3, 0.4) is 0 Å². The van der Waals surface area contributed by atoms with Gasteiger partial charge in [0.1, 0.15) is 17.4 Å². The summed E-state index contributed by atoms with van der Waals surface area (Å²) < 4.78 is 73.1. The van der Waals surface area contributed by atoms with Crippen LogP contribution >= 0.6 is 0 Å². The number of esters is 1. The Hall–Kier alpha value is -2.50. The largest absolute Gasteiger partial charge is 0.534 e. The second-order valence-corrected chi connectivity index (χ2v) is 8.32. The normalized spacial score (nSPS) is 13.3. The number of benzene rings is 1. The molecule has 0 radical (unpaired) electrons. The number of hydrogen-bond acceptors (Lipinski definition) is 7. The van der Waals surface area contributed by atoms with E-state index in [2.05, 4.69) is 9.50 Å². The van der Waals surface area contributed by atoms with Crippen LogP contribution in [0.1, 0.15) is 33.3 Å². The van der Waals surface area contributed by atoms with Gasteiger partial charge in [0.15, 0.2) is 0 Å². The van der Waals surface area contributed by atoms with E-state index in [4.69, 9.17) is 9.47 Å². The van der Waals surface area contributed by atoms with Crippen molar-refractivity contribution in [2.45, 2.75) is 51.3 Å². The molecular formula is C17H22F3NO7S. The van der Waals surface area contributed by atoms with E-state index in [0.717, 1.165) is 12.1 Å². The van der Waals surface area contributed by atoms with Crippen molar-refractivity contribution in [3.05, 3.63) is 29.8 Å². The van der Waals surface area contributed by atoms with Gasteiger partial charge in [-0.15, -0.1) is 0 Å². The zero-order valence-electron chi connectivity index (χ0n) is 16.2. The van der Waals surface area contributed by atoms with E-state index in [1.807, 2.05) is 0 Å². The van der Waals surface area contributed by atoms with Crippen LogP contribution in [-0.4, -0.2) is 44.2 Å². The van der Waals surface area contributed by atoms with E-state index in [0.29, 0.717) is 5.56 Å². The molecule has 1 atom stereocenters. The average molecular weight is 441 g/mol. The van der Waals surface area contributed by atoms with Crippen molar-refractivity contribution in [2.75, 3.05) is 6.61 Å². The van der Waals surface area contributed by atoms with Crippen LogP contribution in [0.15, 0.2) is 24.3 Å². The van der Waals surface area contributed by atoms with Gasteiger partial charge >= 0.3 is 27.7 Å². The van der Waals surface area contributed by atoms with Gasteiger partial charge in [0.05, 0.1) is 6.61 Å². The van der Waals surface area contributed by atoms with Crippen LogP contribution < -0.4 is 9.50 Å². The topological polar surface area (TPSA) is 108 Å². The minimum atomic E-state index is -5.79. The van der Waals surface area contributed by atoms with E-state index >= 15 is 0 Å². The van der Waals surface area contributed by atoms with Crippen LogP contribution in [-0.2, 0) is 30.8 Å². The molecule has 0 saturated carbocycles. The minimum Gasteiger partial charge on any atom is -0.464 e. The van der Waals surface area contributed by atoms with Crippen molar-refractivity contribution < 1.29 is 44.8 Å². The van der Waals surface area contributed by atoms with Crippen molar-refractivity contribution in [1.29, 1.82) is 0 Å². The highest BCUT2D eigenvalue weighted by Crippen LogP contribution is 2.27. The Kier molecular flexibility index (Phi) is 7.90. The van der Waals surface area contributed by atoms with Crippen molar-refractivity contribution in [2.24, 2.45) is 0 Å². The monoisotopic (exact) mass is 441 g/mol. The lowest BCUT2D eigenvalue weighted by molar-refractivity contribution is -0.145. The van der Waals surface area contributed by atoms with Crippen LogP contribution in [0.4, 0.5) is 18.0 Å². The Labute approximate surface area is 166 Å². The highest BCUT2D eigenvalue weighted by molar-refractivity contribution is 7.88. The molecule has 0 saturated heterocycles. The number of carbonyl (C=O) groups is 2. The second kappa shape index (κ2) is 9.33. The SMILES string of the molecule is CCOC(=O)C(Cc1ccc(OS(=O)(=O)C(F)(F)F)cc1)NC(=O)OC(C)(C)C. The Morgan fingerprint density at radius 3 is 2.10 bits per heavy atom. The maximum atomic E-state index is 12.4. The van der Waals surface area contributed by atoms with E-state index in [9.17, 15) is 31.2 Å². The molecule has 1 N–H and O–H groups in total. The molecule has 29 heavy (non-hydrogen) atoms. The third-order valence-electron chi connectivity index (χ3n) is 3.11. The van der Waals surface area contributed by atoms with Gasteiger partial charge in [-0.05, 0) is 45.4 Å². The lowest BCUT2D eigenvalue weighted by Crippen LogP contribution is -2.45. The Morgan fingerprint density at radius 1 is 1.10 bits per heavy atom. The van der Waals surface area contributed by atoms with Crippen molar-refractivity contribution in [3.63, 3.8) is 0 Å². The second-order valence-electron chi connectivity index (χ2n) is 6.78. The fourth-order valence-electron chi connectivity index (χ4n) is 1.98. The minimum absolute atomic E-state index is 0.0629. The molecule has 0 aliphatic rings. The standard InChI is InChI=1S/C17H22F3NO7S/c1-5-26-14(22)13(21-15(23)27-16(2,3)4)10-11-6-8-12(9-7-11)28-29(24,25)17(18,19)20/h6-9,13H,5,10H2,1-4H3,(H,21,23). The summed E-state index contributed by atoms with van der Waals surface area (Å²) in [5.74, 6) is -1.29. The quantitative estimate of drug-likeness (QED) is 0.394. The molecule has 1 amide bonds. The summed E-state index contributed by atoms with van der Waals surface area (Å²) in [4.78, 5) is 24.0. The zero-order valence-corrected chi connectivity index (χ0v) is 17.0. The molecule has 1 unspecified atom stereocenters. The zero-order chi connectivity index (χ0) is 22.5. The summed E-state index contributed by atoms with van der Waals surface area (Å²) in [6, 6.07) is 3.37. The Bertz CT molecular complexity index is 815. The van der Waals surface area contributed by atoms with Gasteiger partial charge in [0.2, 0.25) is 0 Å². The molecule has 0 aliphatic carbocycles. The summed E-state index contributed by atoms with van der Waals surface area (Å²) in [6.07, 6.45) is -0.934. The summed E-state index contributed by atoms with van der Waals surface area (Å²) in [6.45, 7) is 6.56. The number of carbonyl (C=O) groups excluding carboxylic acids is 2. The van der Waals surface area contributed by atoms with Gasteiger partial charge in [-0.3, -0.25) is 0 Å². The smallest absolute Gasteiger partial charge is 0.464 e. The lowest BCUT2D eigenvalue weighted by Gasteiger charge is -2.23. The maximum Gasteiger partial charge on any atom is 0.534 e. The first kappa shape index (κ1) is 24.5. The molecule has 0 aromatic heterocycles. The van der Waals surface area contributed by atoms with Crippen LogP contribution in [0.2, 0.25) is 0 Å².